The molecule has 0 spiro atoms. The fourth-order valence-electron chi connectivity index (χ4n) is 6.16. The lowest BCUT2D eigenvalue weighted by atomic mass is 9.71. The minimum absolute atomic E-state index is 0.0970. The fourth-order valence-corrected chi connectivity index (χ4v) is 6.16. The van der Waals surface area contributed by atoms with Crippen molar-refractivity contribution in [2.75, 3.05) is 11.4 Å². The Morgan fingerprint density at radius 2 is 1.57 bits per heavy atom. The lowest BCUT2D eigenvalue weighted by Gasteiger charge is -2.41. The summed E-state index contributed by atoms with van der Waals surface area (Å²) in [5.41, 5.74) is 5.28. The van der Waals surface area contributed by atoms with Crippen LogP contribution in [0.25, 0.3) is 11.0 Å². The molecule has 0 unspecified atom stereocenters. The number of carboxylic acids is 1. The number of nitrogens with zero attached hydrogens (tertiary/aromatic N) is 3. The average molecular weight is 567 g/mol. The molecule has 220 valence electrons. The molecule has 0 atom stereocenters. The van der Waals surface area contributed by atoms with Crippen molar-refractivity contribution in [2.24, 2.45) is 11.3 Å². The normalized spacial score (nSPS) is 17.2. The minimum Gasteiger partial charge on any atom is -0.481 e. The Morgan fingerprint density at radius 3 is 2.24 bits per heavy atom. The van der Waals surface area contributed by atoms with Crippen LogP contribution < -0.4 is 10.2 Å². The van der Waals surface area contributed by atoms with Gasteiger partial charge in [-0.3, -0.25) is 9.59 Å². The van der Waals surface area contributed by atoms with Crippen molar-refractivity contribution in [3.63, 3.8) is 0 Å². The molecule has 0 saturated heterocycles. The Balaban J connectivity index is 1.46. The van der Waals surface area contributed by atoms with Gasteiger partial charge in [0.2, 0.25) is 5.95 Å². The highest BCUT2D eigenvalue weighted by atomic mass is 16.4. The van der Waals surface area contributed by atoms with Gasteiger partial charge in [-0.1, -0.05) is 75.4 Å². The van der Waals surface area contributed by atoms with E-state index in [9.17, 15) is 9.59 Å². The number of hydrogen-bond donors (Lipinski definition) is 2. The largest absolute Gasteiger partial charge is 0.481 e. The summed E-state index contributed by atoms with van der Waals surface area (Å²) in [7, 11) is 0. The van der Waals surface area contributed by atoms with Gasteiger partial charge in [0, 0.05) is 24.7 Å². The molecule has 2 N–H and O–H groups in total. The summed E-state index contributed by atoms with van der Waals surface area (Å²) >= 11 is 0. The number of anilines is 1. The van der Waals surface area contributed by atoms with Gasteiger partial charge in [-0.25, -0.2) is 4.98 Å². The molecule has 42 heavy (non-hydrogen) atoms. The van der Waals surface area contributed by atoms with Crippen LogP contribution in [0.2, 0.25) is 0 Å². The first-order valence-electron chi connectivity index (χ1n) is 15.0. The maximum absolute atomic E-state index is 12.5. The average Bonchev–Trinajstić information content (AvgIpc) is 3.34. The number of carbonyl (C=O) groups is 2. The van der Waals surface area contributed by atoms with Crippen LogP contribution in [0, 0.1) is 11.3 Å². The molecule has 7 heteroatoms. The quantitative estimate of drug-likeness (QED) is 0.218. The first-order chi connectivity index (χ1) is 20.2. The number of hydrogen-bond acceptors (Lipinski definition) is 4. The second kappa shape index (κ2) is 12.8. The monoisotopic (exact) mass is 566 g/mol. The number of carbonyl (C=O) groups excluding carboxylic acids is 1. The summed E-state index contributed by atoms with van der Waals surface area (Å²) in [6, 6.07) is 26.9. The minimum atomic E-state index is -0.930. The third-order valence-corrected chi connectivity index (χ3v) is 8.63. The molecule has 3 aromatic carbocycles. The predicted molar refractivity (Wildman–Crippen MR) is 168 cm³/mol. The van der Waals surface area contributed by atoms with Crippen LogP contribution in [-0.4, -0.2) is 39.1 Å². The van der Waals surface area contributed by atoms with E-state index in [0.29, 0.717) is 29.5 Å². The van der Waals surface area contributed by atoms with E-state index >= 15 is 0 Å². The van der Waals surface area contributed by atoms with Crippen molar-refractivity contribution >= 4 is 28.9 Å². The highest BCUT2D eigenvalue weighted by Gasteiger charge is 2.33. The molecule has 1 amide bonds. The molecule has 5 rings (SSSR count). The van der Waals surface area contributed by atoms with Gasteiger partial charge in [0.1, 0.15) is 0 Å². The highest BCUT2D eigenvalue weighted by molar-refractivity contribution is 5.94. The Hall–Kier alpha value is -4.13. The van der Waals surface area contributed by atoms with Crippen molar-refractivity contribution in [3.05, 3.63) is 95.6 Å². The lowest BCUT2D eigenvalue weighted by Crippen LogP contribution is -2.41. The van der Waals surface area contributed by atoms with E-state index in [0.717, 1.165) is 41.9 Å². The highest BCUT2D eigenvalue weighted by Crippen LogP contribution is 2.40. The SMILES string of the molecule is CC(C)(C)C1CCC(N(Cc2ccc(C(=O)NCCC(=O)O)cc2)c2nc3ccccc3n2Cc2ccccc2)CC1. The molecule has 1 fully saturated rings. The van der Waals surface area contributed by atoms with E-state index in [1.807, 2.05) is 36.4 Å². The number of imidazole rings is 1. The van der Waals surface area contributed by atoms with Gasteiger partial charge in [0.25, 0.3) is 5.91 Å². The second-order valence-corrected chi connectivity index (χ2v) is 12.6. The first kappa shape index (κ1) is 29.4. The Bertz CT molecular complexity index is 1500. The number of rotatable bonds is 10. The Labute approximate surface area is 248 Å². The van der Waals surface area contributed by atoms with E-state index in [1.165, 1.54) is 18.4 Å². The summed E-state index contributed by atoms with van der Waals surface area (Å²) in [6.45, 7) is 8.60. The molecule has 4 aromatic rings. The Morgan fingerprint density at radius 1 is 0.905 bits per heavy atom. The number of fused-ring (bicyclic) bond motifs is 1. The molecule has 7 nitrogen and oxygen atoms in total. The molecule has 0 aliphatic heterocycles. The fraction of sp³-hybridized carbons (Fsp3) is 0.400. The number of carboxylic acid groups (broad SMARTS) is 1. The van der Waals surface area contributed by atoms with Crippen molar-refractivity contribution < 1.29 is 14.7 Å². The van der Waals surface area contributed by atoms with Gasteiger partial charge in [0.15, 0.2) is 0 Å². The topological polar surface area (TPSA) is 87.5 Å². The molecule has 0 bridgehead atoms. The number of aliphatic carboxylic acids is 1. The number of para-hydroxylation sites is 2. The van der Waals surface area contributed by atoms with Gasteiger partial charge in [-0.05, 0) is 72.4 Å². The van der Waals surface area contributed by atoms with Crippen LogP contribution in [0.15, 0.2) is 78.9 Å². The maximum atomic E-state index is 12.5. The van der Waals surface area contributed by atoms with Crippen LogP contribution in [0.3, 0.4) is 0 Å². The van der Waals surface area contributed by atoms with E-state index in [1.54, 1.807) is 0 Å². The van der Waals surface area contributed by atoms with Gasteiger partial charge >= 0.3 is 5.97 Å². The van der Waals surface area contributed by atoms with Gasteiger partial charge in [-0.15, -0.1) is 0 Å². The van der Waals surface area contributed by atoms with E-state index in [4.69, 9.17) is 10.1 Å². The third kappa shape index (κ3) is 7.01. The zero-order valence-electron chi connectivity index (χ0n) is 24.9. The van der Waals surface area contributed by atoms with Crippen LogP contribution in [-0.2, 0) is 17.9 Å². The summed E-state index contributed by atoms with van der Waals surface area (Å²) in [4.78, 5) is 31.0. The predicted octanol–water partition coefficient (Wildman–Crippen LogP) is 6.90. The van der Waals surface area contributed by atoms with Crippen LogP contribution in [0.5, 0.6) is 0 Å². The number of amides is 1. The third-order valence-electron chi connectivity index (χ3n) is 8.63. The summed E-state index contributed by atoms with van der Waals surface area (Å²) in [5.74, 6) is 0.498. The summed E-state index contributed by atoms with van der Waals surface area (Å²) < 4.78 is 2.35. The maximum Gasteiger partial charge on any atom is 0.305 e. The van der Waals surface area contributed by atoms with Crippen molar-refractivity contribution in [3.8, 4) is 0 Å². The first-order valence-corrected chi connectivity index (χ1v) is 15.0. The van der Waals surface area contributed by atoms with Gasteiger partial charge in [-0.2, -0.15) is 0 Å². The van der Waals surface area contributed by atoms with Crippen molar-refractivity contribution in [1.29, 1.82) is 0 Å². The molecule has 0 radical (unpaired) electrons. The number of benzene rings is 3. The standard InChI is InChI=1S/C35H42N4O3/c1-35(2,3)28-17-19-29(20-18-28)38(23-26-13-15-27(16-14-26)33(42)36-22-21-32(40)41)34-37-30-11-7-8-12-31(30)39(34)24-25-9-5-4-6-10-25/h4-16,28-29H,17-24H2,1-3H3,(H,36,42)(H,40,41). The van der Waals surface area contributed by atoms with Crippen LogP contribution >= 0.6 is 0 Å². The van der Waals surface area contributed by atoms with Gasteiger partial charge in [0.05, 0.1) is 24.0 Å². The van der Waals surface area contributed by atoms with Crippen LogP contribution in [0.1, 0.15) is 74.4 Å². The molecular weight excluding hydrogens is 524 g/mol. The zero-order chi connectivity index (χ0) is 29.7. The number of nitrogens with one attached hydrogen (secondary N) is 1. The van der Waals surface area contributed by atoms with E-state index in [2.05, 4.69) is 78.0 Å². The molecule has 1 heterocycles. The molecular formula is C35H42N4O3. The van der Waals surface area contributed by atoms with E-state index in [-0.39, 0.29) is 18.9 Å². The van der Waals surface area contributed by atoms with Gasteiger partial charge < -0.3 is 19.9 Å². The van der Waals surface area contributed by atoms with E-state index < -0.39 is 5.97 Å². The number of aromatic nitrogens is 2. The zero-order valence-corrected chi connectivity index (χ0v) is 24.9. The van der Waals surface area contributed by atoms with Crippen molar-refractivity contribution in [1.82, 2.24) is 14.9 Å². The lowest BCUT2D eigenvalue weighted by molar-refractivity contribution is -0.136. The molecule has 1 aliphatic carbocycles. The molecule has 1 aliphatic rings. The summed E-state index contributed by atoms with van der Waals surface area (Å²) in [5, 5.41) is 11.5. The molecule has 1 aromatic heterocycles. The molecule has 1 saturated carbocycles. The van der Waals surface area contributed by atoms with Crippen molar-refractivity contribution in [2.45, 2.75) is 72.0 Å². The smallest absolute Gasteiger partial charge is 0.305 e. The summed E-state index contributed by atoms with van der Waals surface area (Å²) in [6.07, 6.45) is 4.51. The van der Waals surface area contributed by atoms with Crippen LogP contribution in [0.4, 0.5) is 5.95 Å². The second-order valence-electron chi connectivity index (χ2n) is 12.6. The Kier molecular flexibility index (Phi) is 8.95.